The van der Waals surface area contributed by atoms with Gasteiger partial charge in [0.05, 0.1) is 0 Å². The number of hydrogen-bond donors (Lipinski definition) is 0. The zero-order valence-electron chi connectivity index (χ0n) is 10.2. The number of hydrogen-bond acceptors (Lipinski definition) is 1. The van der Waals surface area contributed by atoms with Crippen molar-refractivity contribution in [1.82, 2.24) is 4.90 Å². The first-order valence-electron chi connectivity index (χ1n) is 6.29. The van der Waals surface area contributed by atoms with Gasteiger partial charge in [0.25, 0.3) is 0 Å². The van der Waals surface area contributed by atoms with Crippen LogP contribution in [-0.4, -0.2) is 18.0 Å². The summed E-state index contributed by atoms with van der Waals surface area (Å²) < 4.78 is 1.29. The molecule has 0 spiro atoms. The second kappa shape index (κ2) is 5.33. The quantitative estimate of drug-likeness (QED) is 0.804. The summed E-state index contributed by atoms with van der Waals surface area (Å²) in [5.41, 5.74) is 3.08. The van der Waals surface area contributed by atoms with Crippen LogP contribution in [0.2, 0.25) is 0 Å². The van der Waals surface area contributed by atoms with Crippen LogP contribution in [0.4, 0.5) is 0 Å². The number of fused-ring (bicyclic) bond motifs is 1. The van der Waals surface area contributed by atoms with Gasteiger partial charge in [0, 0.05) is 10.5 Å². The molecule has 1 atom stereocenters. The van der Waals surface area contributed by atoms with Crippen molar-refractivity contribution < 1.29 is 0 Å². The lowest BCUT2D eigenvalue weighted by molar-refractivity contribution is 0.197. The largest absolute Gasteiger partial charge is 0.297 e. The zero-order valence-corrected chi connectivity index (χ0v) is 11.8. The Balaban J connectivity index is 2.38. The van der Waals surface area contributed by atoms with Crippen molar-refractivity contribution in [2.75, 3.05) is 13.1 Å². The molecular formula is C14H20BrN. The van der Waals surface area contributed by atoms with E-state index in [-0.39, 0.29) is 0 Å². The second-order valence-corrected chi connectivity index (χ2v) is 5.30. The van der Waals surface area contributed by atoms with Gasteiger partial charge in [0.15, 0.2) is 0 Å². The molecule has 0 aromatic heterocycles. The first-order chi connectivity index (χ1) is 7.77. The maximum absolute atomic E-state index is 3.72. The highest BCUT2D eigenvalue weighted by Crippen LogP contribution is 2.38. The van der Waals surface area contributed by atoms with Crippen molar-refractivity contribution in [1.29, 1.82) is 0 Å². The summed E-state index contributed by atoms with van der Waals surface area (Å²) >= 11 is 3.72. The third-order valence-corrected chi connectivity index (χ3v) is 4.34. The molecule has 16 heavy (non-hydrogen) atoms. The van der Waals surface area contributed by atoms with Gasteiger partial charge in [-0.2, -0.15) is 0 Å². The molecule has 1 aliphatic rings. The summed E-state index contributed by atoms with van der Waals surface area (Å²) in [5, 5.41) is 0. The summed E-state index contributed by atoms with van der Waals surface area (Å²) in [7, 11) is 0. The number of nitrogens with zero attached hydrogens (tertiary/aromatic N) is 1. The maximum atomic E-state index is 3.72. The van der Waals surface area contributed by atoms with Gasteiger partial charge in [0.2, 0.25) is 0 Å². The molecule has 88 valence electrons. The minimum absolute atomic E-state index is 0.620. The molecule has 0 amide bonds. The molecule has 0 saturated heterocycles. The third kappa shape index (κ3) is 2.18. The van der Waals surface area contributed by atoms with Gasteiger partial charge in [-0.05, 0) is 49.5 Å². The molecule has 0 bridgehead atoms. The van der Waals surface area contributed by atoms with E-state index in [1.807, 2.05) is 0 Å². The average Bonchev–Trinajstić information content (AvgIpc) is 2.31. The van der Waals surface area contributed by atoms with E-state index in [0.717, 1.165) is 13.1 Å². The van der Waals surface area contributed by atoms with Crippen LogP contribution in [-0.2, 0) is 6.42 Å². The molecule has 2 heteroatoms. The highest BCUT2D eigenvalue weighted by Gasteiger charge is 2.25. The minimum Gasteiger partial charge on any atom is -0.297 e. The smallest absolute Gasteiger partial charge is 0.0361 e. The van der Waals surface area contributed by atoms with Crippen molar-refractivity contribution >= 4 is 15.9 Å². The number of halogens is 1. The summed E-state index contributed by atoms with van der Waals surface area (Å²) in [4.78, 5) is 2.57. The van der Waals surface area contributed by atoms with Crippen molar-refractivity contribution in [2.45, 2.75) is 39.2 Å². The fourth-order valence-corrected chi connectivity index (χ4v) is 3.50. The van der Waals surface area contributed by atoms with E-state index in [1.165, 1.54) is 34.9 Å². The van der Waals surface area contributed by atoms with E-state index in [1.54, 1.807) is 0 Å². The highest BCUT2D eigenvalue weighted by atomic mass is 79.9. The summed E-state index contributed by atoms with van der Waals surface area (Å²) in [6.07, 6.45) is 3.87. The van der Waals surface area contributed by atoms with E-state index in [4.69, 9.17) is 0 Å². The van der Waals surface area contributed by atoms with Crippen molar-refractivity contribution in [2.24, 2.45) is 0 Å². The summed E-state index contributed by atoms with van der Waals surface area (Å²) in [6, 6.07) is 7.25. The monoisotopic (exact) mass is 281 g/mol. The first-order valence-corrected chi connectivity index (χ1v) is 7.08. The van der Waals surface area contributed by atoms with Gasteiger partial charge >= 0.3 is 0 Å². The van der Waals surface area contributed by atoms with E-state index >= 15 is 0 Å². The molecule has 0 saturated carbocycles. The highest BCUT2D eigenvalue weighted by molar-refractivity contribution is 9.10. The van der Waals surface area contributed by atoms with E-state index < -0.39 is 0 Å². The van der Waals surface area contributed by atoms with Crippen molar-refractivity contribution in [3.8, 4) is 0 Å². The minimum atomic E-state index is 0.620. The van der Waals surface area contributed by atoms with Crippen LogP contribution < -0.4 is 0 Å². The molecule has 1 aromatic rings. The Kier molecular flexibility index (Phi) is 4.04. The topological polar surface area (TPSA) is 3.24 Å². The van der Waals surface area contributed by atoms with Gasteiger partial charge in [-0.25, -0.2) is 0 Å². The van der Waals surface area contributed by atoms with Gasteiger partial charge in [-0.1, -0.05) is 41.9 Å². The Labute approximate surface area is 107 Å². The number of benzene rings is 1. The molecule has 1 aromatic carbocycles. The van der Waals surface area contributed by atoms with Gasteiger partial charge in [-0.15, -0.1) is 0 Å². The zero-order chi connectivity index (χ0) is 11.5. The van der Waals surface area contributed by atoms with Crippen LogP contribution >= 0.6 is 15.9 Å². The molecule has 0 aliphatic heterocycles. The van der Waals surface area contributed by atoms with E-state index in [0.29, 0.717) is 6.04 Å². The van der Waals surface area contributed by atoms with Crippen LogP contribution in [0.3, 0.4) is 0 Å². The van der Waals surface area contributed by atoms with Crippen LogP contribution in [0, 0.1) is 0 Å². The van der Waals surface area contributed by atoms with Crippen LogP contribution in [0.5, 0.6) is 0 Å². The van der Waals surface area contributed by atoms with E-state index in [9.17, 15) is 0 Å². The molecule has 1 aliphatic carbocycles. The average molecular weight is 282 g/mol. The molecule has 1 unspecified atom stereocenters. The Morgan fingerprint density at radius 1 is 1.31 bits per heavy atom. The molecular weight excluding hydrogens is 262 g/mol. The Morgan fingerprint density at radius 3 is 2.75 bits per heavy atom. The third-order valence-electron chi connectivity index (χ3n) is 3.65. The fourth-order valence-electron chi connectivity index (χ4n) is 2.83. The first kappa shape index (κ1) is 12.1. The standard InChI is InChI=1S/C14H20BrN/c1-3-16(4-2)13-10-6-8-11-7-5-9-12(15)14(11)13/h5,7,9,13H,3-4,6,8,10H2,1-2H3. The molecule has 0 fully saturated rings. The lowest BCUT2D eigenvalue weighted by atomic mass is 9.87. The van der Waals surface area contributed by atoms with Crippen LogP contribution in [0.1, 0.15) is 43.9 Å². The fraction of sp³-hybridized carbons (Fsp3) is 0.571. The molecule has 1 nitrogen and oxygen atoms in total. The Morgan fingerprint density at radius 2 is 2.06 bits per heavy atom. The summed E-state index contributed by atoms with van der Waals surface area (Å²) in [5.74, 6) is 0. The Bertz CT molecular complexity index is 358. The molecule has 0 N–H and O–H groups in total. The predicted molar refractivity (Wildman–Crippen MR) is 72.7 cm³/mol. The number of rotatable bonds is 3. The normalized spacial score (nSPS) is 19.9. The Hall–Kier alpha value is -0.340. The second-order valence-electron chi connectivity index (χ2n) is 4.44. The van der Waals surface area contributed by atoms with Crippen LogP contribution in [0.25, 0.3) is 0 Å². The lowest BCUT2D eigenvalue weighted by Gasteiger charge is -2.35. The van der Waals surface area contributed by atoms with Gasteiger partial charge in [0.1, 0.15) is 0 Å². The predicted octanol–water partition coefficient (Wildman–Crippen LogP) is 4.17. The number of aryl methyl sites for hydroxylation is 1. The lowest BCUT2D eigenvalue weighted by Crippen LogP contribution is -2.31. The van der Waals surface area contributed by atoms with Crippen molar-refractivity contribution in [3.63, 3.8) is 0 Å². The van der Waals surface area contributed by atoms with Gasteiger partial charge in [-0.3, -0.25) is 4.90 Å². The summed E-state index contributed by atoms with van der Waals surface area (Å²) in [6.45, 7) is 6.80. The van der Waals surface area contributed by atoms with Crippen LogP contribution in [0.15, 0.2) is 22.7 Å². The molecule has 0 heterocycles. The SMILES string of the molecule is CCN(CC)C1CCCc2cccc(Br)c21. The van der Waals surface area contributed by atoms with Gasteiger partial charge < -0.3 is 0 Å². The van der Waals surface area contributed by atoms with Crippen molar-refractivity contribution in [3.05, 3.63) is 33.8 Å². The molecule has 2 rings (SSSR count). The maximum Gasteiger partial charge on any atom is 0.0361 e. The van der Waals surface area contributed by atoms with E-state index in [2.05, 4.69) is 52.9 Å². The molecule has 0 radical (unpaired) electrons.